The first-order valence-electron chi connectivity index (χ1n) is 34.7. The predicted molar refractivity (Wildman–Crippen MR) is 379 cm³/mol. The topological polar surface area (TPSA) is 251 Å². The number of aromatic nitrogens is 2. The summed E-state index contributed by atoms with van der Waals surface area (Å²) in [6.07, 6.45) is 36.4. The summed E-state index contributed by atoms with van der Waals surface area (Å²) in [5.41, 5.74) is 5.16. The molecule has 0 unspecified atom stereocenters. The first-order chi connectivity index (χ1) is 48.4. The number of phenols is 12. The van der Waals surface area contributed by atoms with Crippen molar-refractivity contribution in [1.82, 2.24) is 0 Å². The minimum Gasteiger partial charge on any atom is -0.508 e. The summed E-state index contributed by atoms with van der Waals surface area (Å²) in [7, 11) is -21.3. The number of pyridine rings is 2. The largest absolute Gasteiger partial charge is 0.508 e. The van der Waals surface area contributed by atoms with Gasteiger partial charge in [-0.3, -0.25) is 0 Å². The molecule has 12 bridgehead atoms. The van der Waals surface area contributed by atoms with Gasteiger partial charge in [0.05, 0.1) is 0 Å². The summed E-state index contributed by atoms with van der Waals surface area (Å²) in [6, 6.07) is 24.6. The second-order valence-electron chi connectivity index (χ2n) is 26.6. The fourth-order valence-electron chi connectivity index (χ4n) is 12.1. The van der Waals surface area contributed by atoms with Crippen LogP contribution >= 0.6 is 15.6 Å². The monoisotopic (exact) mass is 1520 g/mol. The van der Waals surface area contributed by atoms with Crippen LogP contribution in [-0.4, -0.2) is 61.3 Å². The van der Waals surface area contributed by atoms with E-state index >= 15 is 0 Å². The Kier molecular flexibility index (Phi) is 28.2. The van der Waals surface area contributed by atoms with Crippen molar-refractivity contribution in [3.8, 4) is 80.1 Å². The van der Waals surface area contributed by atoms with Crippen LogP contribution in [0, 0.1) is 0 Å². The van der Waals surface area contributed by atoms with Crippen LogP contribution in [0.1, 0.15) is 209 Å². The summed E-state index contributed by atoms with van der Waals surface area (Å²) in [5, 5.41) is 131. The molecule has 2 heterocycles. The normalized spacial score (nSPS) is 13.7. The third kappa shape index (κ3) is 31.3. The smallest absolute Gasteiger partial charge is 0.119 e. The summed E-state index contributed by atoms with van der Waals surface area (Å²) in [5.74, 6) is -2.95. The molecule has 24 rings (SSSR count). The third-order valence-corrected chi connectivity index (χ3v) is 17.6. The van der Waals surface area contributed by atoms with Crippen LogP contribution in [0.2, 0.25) is 0 Å². The molecule has 14 nitrogen and oxygen atoms in total. The summed E-state index contributed by atoms with van der Waals surface area (Å²) in [6.45, 7) is 6.87. The van der Waals surface area contributed by atoms with Crippen LogP contribution in [0.4, 0.5) is 50.4 Å². The van der Waals surface area contributed by atoms with E-state index < -0.39 is 15.6 Å². The average molecular weight is 1520 g/mol. The second-order valence-corrected chi connectivity index (χ2v) is 30.5. The predicted octanol–water partition coefficient (Wildman–Crippen LogP) is 22.5. The van der Waals surface area contributed by atoms with E-state index in [9.17, 15) is 112 Å². The standard InChI is InChI=1S/C42H36O12.C34H58N2.2F6P/c43-31-9-21-2-23-11-37(49)25(13-35(23)47)4-27-15-41(53)29(17-39(27)51)6-30-18-40(52)28(16-42(30)54)5-26-14-36(48)24(12-38(26)50)3-22-10-32(44)20(8-34(22)46)1-19(31)7-33(21)45;1-3-5-7-9-11-13-15-17-19-21-27-35-29-23-33(24-30-35)34-25-31-36(32-26-34)28-22-20-18-16-14-12-10-8-6-4-2;2*1-7(2,3,4,5)6/h7-18,43-54H,1-6H2;23-26,29-32H,3-22,27-28H2,1-2H3;;/q;+2;2*-1. The molecule has 104 heavy (non-hydrogen) atoms. The van der Waals surface area contributed by atoms with E-state index in [1.807, 2.05) is 0 Å². The van der Waals surface area contributed by atoms with Crippen LogP contribution < -0.4 is 9.13 Å². The molecule has 574 valence electrons. The zero-order valence-electron chi connectivity index (χ0n) is 58.0. The van der Waals surface area contributed by atoms with Crippen molar-refractivity contribution in [2.45, 2.75) is 194 Å². The number of phenolic OH excluding ortho intramolecular Hbond substituents is 12. The van der Waals surface area contributed by atoms with Gasteiger partial charge in [0.2, 0.25) is 0 Å². The van der Waals surface area contributed by atoms with Crippen LogP contribution in [0.25, 0.3) is 11.1 Å². The maximum atomic E-state index is 10.9. The second kappa shape index (κ2) is 34.9. The van der Waals surface area contributed by atoms with E-state index in [-0.39, 0.29) is 174 Å². The number of nitrogens with zero attached hydrogens (tertiary/aromatic N) is 2. The number of rotatable bonds is 23. The molecule has 12 N–H and O–H groups in total. The van der Waals surface area contributed by atoms with Crippen LogP contribution in [0.15, 0.2) is 122 Å². The molecule has 8 aromatic rings. The van der Waals surface area contributed by atoms with Crippen molar-refractivity contribution in [1.29, 1.82) is 0 Å². The van der Waals surface area contributed by atoms with Crippen molar-refractivity contribution in [3.05, 3.63) is 189 Å². The van der Waals surface area contributed by atoms with Crippen molar-refractivity contribution in [2.75, 3.05) is 0 Å². The van der Waals surface area contributed by atoms with Gasteiger partial charge in [0, 0.05) is 142 Å². The first-order valence-corrected chi connectivity index (χ1v) is 38.8. The maximum absolute atomic E-state index is 10.9. The van der Waals surface area contributed by atoms with E-state index in [0.29, 0.717) is 0 Å². The van der Waals surface area contributed by atoms with Gasteiger partial charge in [-0.05, 0) is 96.8 Å². The number of hydrogen-bond acceptors (Lipinski definition) is 12. The molecule has 0 atom stereocenters. The van der Waals surface area contributed by atoms with E-state index in [2.05, 4.69) is 72.0 Å². The van der Waals surface area contributed by atoms with Gasteiger partial charge in [0.1, 0.15) is 82.1 Å². The summed E-state index contributed by atoms with van der Waals surface area (Å²) >= 11 is 0. The van der Waals surface area contributed by atoms with E-state index in [1.165, 1.54) is 212 Å². The Morgan fingerprint density at radius 1 is 0.231 bits per heavy atom. The van der Waals surface area contributed by atoms with Crippen molar-refractivity contribution >= 4 is 15.6 Å². The van der Waals surface area contributed by atoms with Gasteiger partial charge in [0.15, 0.2) is 24.8 Å². The van der Waals surface area contributed by atoms with Gasteiger partial charge in [0.25, 0.3) is 0 Å². The molecule has 0 aliphatic heterocycles. The summed E-state index contributed by atoms with van der Waals surface area (Å²) < 4.78 is 123. The molecular formula is C76H94F12N2O12P2. The Bertz CT molecular complexity index is 3450. The van der Waals surface area contributed by atoms with Crippen LogP contribution in [0.5, 0.6) is 69.0 Å². The molecule has 2 aromatic heterocycles. The zero-order valence-corrected chi connectivity index (χ0v) is 59.8. The van der Waals surface area contributed by atoms with Crippen molar-refractivity contribution in [3.63, 3.8) is 0 Å². The fourth-order valence-corrected chi connectivity index (χ4v) is 12.1. The van der Waals surface area contributed by atoms with Crippen molar-refractivity contribution < 1.29 is 121 Å². The molecular weight excluding hydrogens is 1420 g/mol. The summed E-state index contributed by atoms with van der Waals surface area (Å²) in [4.78, 5) is 0. The minimum atomic E-state index is -10.7. The number of hydrogen-bond donors (Lipinski definition) is 12. The number of aromatic hydroxyl groups is 12. The van der Waals surface area contributed by atoms with Gasteiger partial charge in [-0.15, -0.1) is 0 Å². The molecule has 0 spiro atoms. The van der Waals surface area contributed by atoms with E-state index in [0.717, 1.165) is 13.1 Å². The van der Waals surface area contributed by atoms with Gasteiger partial charge in [-0.2, -0.15) is 0 Å². The average Bonchev–Trinajstić information content (AvgIpc) is 0.796. The number of unbranched alkanes of at least 4 members (excludes halogenated alkanes) is 18. The van der Waals surface area contributed by atoms with E-state index in [4.69, 9.17) is 0 Å². The fraction of sp³-hybridized carbons (Fsp3) is 0.395. The van der Waals surface area contributed by atoms with Gasteiger partial charge < -0.3 is 61.3 Å². The van der Waals surface area contributed by atoms with Gasteiger partial charge >= 0.3 is 66.0 Å². The van der Waals surface area contributed by atoms with Gasteiger partial charge in [-0.1, -0.05) is 117 Å². The molecule has 16 aliphatic carbocycles. The van der Waals surface area contributed by atoms with Gasteiger partial charge in [-0.25, -0.2) is 9.13 Å². The Morgan fingerprint density at radius 2 is 0.356 bits per heavy atom. The van der Waals surface area contributed by atoms with Crippen LogP contribution in [-0.2, 0) is 51.6 Å². The molecule has 16 aliphatic rings. The number of aryl methyl sites for hydroxylation is 2. The van der Waals surface area contributed by atoms with Crippen LogP contribution in [0.3, 0.4) is 0 Å². The minimum absolute atomic E-state index is 0.104. The number of benzene rings is 6. The molecule has 0 saturated heterocycles. The molecule has 0 radical (unpaired) electrons. The SMILES string of the molecule is CCCCCCCCCCCC[n+]1ccc(-c2cc[n+](CCCCCCCCCCCC)cc2)cc1.F[P-](F)(F)(F)(F)F.F[P-](F)(F)(F)(F)F.Oc1cc2c(O)cc1Cc1cc(O)c(cc1O)Cc1cc(O)c(cc1O)Cc1cc(O)c(cc1O)Cc1cc(O)c(cc1O)Cc1cc(O)c(cc1O)C2. The third-order valence-electron chi connectivity index (χ3n) is 17.6. The molecule has 28 heteroatoms. The first kappa shape index (κ1) is 84.2. The Hall–Kier alpha value is -8.76. The Labute approximate surface area is 596 Å². The number of halogens is 12. The Balaban J connectivity index is 0.000000291. The molecule has 0 saturated carbocycles. The Morgan fingerprint density at radius 3 is 0.490 bits per heavy atom. The molecule has 0 amide bonds. The van der Waals surface area contributed by atoms with Crippen molar-refractivity contribution in [2.24, 2.45) is 0 Å². The quantitative estimate of drug-likeness (QED) is 0.00940. The molecule has 6 aromatic carbocycles. The van der Waals surface area contributed by atoms with E-state index in [1.54, 1.807) is 0 Å². The zero-order chi connectivity index (χ0) is 76.9. The molecule has 0 fully saturated rings. The maximum Gasteiger partial charge on any atom is 0.119 e.